The normalized spacial score (nSPS) is 13.9. The molecule has 3 aromatic rings. The zero-order valence-corrected chi connectivity index (χ0v) is 17.8. The fourth-order valence-corrected chi connectivity index (χ4v) is 5.33. The molecular formula is C20H14BrF3N2O3S. The van der Waals surface area contributed by atoms with Gasteiger partial charge in [0.05, 0.1) is 21.8 Å². The Labute approximate surface area is 178 Å². The molecule has 1 aliphatic heterocycles. The van der Waals surface area contributed by atoms with Crippen molar-refractivity contribution < 1.29 is 26.4 Å². The monoisotopic (exact) mass is 498 g/mol. The molecule has 30 heavy (non-hydrogen) atoms. The third-order valence-electron chi connectivity index (χ3n) is 4.83. The molecule has 1 N–H and O–H groups in total. The van der Waals surface area contributed by atoms with Gasteiger partial charge in [-0.05, 0) is 43.3 Å². The lowest BCUT2D eigenvalue weighted by atomic mass is 10.1. The van der Waals surface area contributed by atoms with Crippen LogP contribution in [-0.4, -0.2) is 20.9 Å². The predicted octanol–water partition coefficient (Wildman–Crippen LogP) is 5.40. The van der Waals surface area contributed by atoms with Crippen molar-refractivity contribution in [3.63, 3.8) is 0 Å². The summed E-state index contributed by atoms with van der Waals surface area (Å²) in [5, 5.41) is 0.838. The molecule has 1 aliphatic rings. The van der Waals surface area contributed by atoms with E-state index in [1.807, 2.05) is 6.92 Å². The smallest absolute Gasteiger partial charge is 0.308 e. The molecule has 0 bridgehead atoms. The first-order valence-corrected chi connectivity index (χ1v) is 11.1. The fraction of sp³-hybridized carbons (Fsp3) is 0.150. The van der Waals surface area contributed by atoms with E-state index >= 15 is 0 Å². The highest BCUT2D eigenvalue weighted by Crippen LogP contribution is 2.40. The molecule has 4 rings (SSSR count). The van der Waals surface area contributed by atoms with Crippen molar-refractivity contribution in [3.8, 4) is 0 Å². The molecule has 0 saturated carbocycles. The third kappa shape index (κ3) is 3.33. The van der Waals surface area contributed by atoms with Crippen molar-refractivity contribution in [1.82, 2.24) is 0 Å². The van der Waals surface area contributed by atoms with Crippen LogP contribution in [0.3, 0.4) is 0 Å². The van der Waals surface area contributed by atoms with Crippen molar-refractivity contribution in [3.05, 3.63) is 64.1 Å². The maximum absolute atomic E-state index is 13.1. The predicted molar refractivity (Wildman–Crippen MR) is 111 cm³/mol. The number of halogens is 4. The van der Waals surface area contributed by atoms with Gasteiger partial charge in [-0.3, -0.25) is 9.52 Å². The average molecular weight is 499 g/mol. The number of hydrogen-bond donors (Lipinski definition) is 1. The zero-order chi connectivity index (χ0) is 21.8. The van der Waals surface area contributed by atoms with Crippen LogP contribution in [0.5, 0.6) is 0 Å². The SMILES string of the molecule is CCN1C(=O)c2cccc3c(S(=O)(=O)Nc4cc(Br)cc(C(F)(F)F)c4)ccc1c23. The lowest BCUT2D eigenvalue weighted by Gasteiger charge is -2.16. The minimum atomic E-state index is -4.63. The summed E-state index contributed by atoms with van der Waals surface area (Å²) in [6.45, 7) is 2.23. The molecule has 156 valence electrons. The third-order valence-corrected chi connectivity index (χ3v) is 6.73. The molecule has 0 unspecified atom stereocenters. The van der Waals surface area contributed by atoms with Crippen molar-refractivity contribution >= 4 is 54.0 Å². The van der Waals surface area contributed by atoms with Gasteiger partial charge < -0.3 is 4.90 Å². The first-order valence-electron chi connectivity index (χ1n) is 8.81. The summed E-state index contributed by atoms with van der Waals surface area (Å²) in [6, 6.07) is 10.5. The van der Waals surface area contributed by atoms with Gasteiger partial charge in [0, 0.05) is 27.4 Å². The van der Waals surface area contributed by atoms with Crippen LogP contribution in [0, 0.1) is 0 Å². The highest BCUT2D eigenvalue weighted by molar-refractivity contribution is 9.10. The van der Waals surface area contributed by atoms with Gasteiger partial charge in [0.2, 0.25) is 0 Å². The summed E-state index contributed by atoms with van der Waals surface area (Å²) < 4.78 is 67.7. The molecule has 0 aliphatic carbocycles. The van der Waals surface area contributed by atoms with Gasteiger partial charge in [0.25, 0.3) is 15.9 Å². The van der Waals surface area contributed by atoms with Crippen molar-refractivity contribution in [1.29, 1.82) is 0 Å². The van der Waals surface area contributed by atoms with Crippen LogP contribution in [0.4, 0.5) is 24.5 Å². The first-order chi connectivity index (χ1) is 14.0. The maximum atomic E-state index is 13.1. The standard InChI is InChI=1S/C20H14BrF3N2O3S/c1-2-26-16-6-7-17(14-4-3-5-15(18(14)16)19(26)27)30(28,29)25-13-9-11(20(22,23)24)8-12(21)10-13/h3-10,25H,2H2,1H3. The Morgan fingerprint density at radius 1 is 1.10 bits per heavy atom. The van der Waals surface area contributed by atoms with E-state index in [1.54, 1.807) is 23.1 Å². The van der Waals surface area contributed by atoms with Gasteiger partial charge in [-0.15, -0.1) is 0 Å². The summed E-state index contributed by atoms with van der Waals surface area (Å²) >= 11 is 2.98. The zero-order valence-electron chi connectivity index (χ0n) is 15.4. The van der Waals surface area contributed by atoms with Crippen LogP contribution in [0.25, 0.3) is 10.8 Å². The van der Waals surface area contributed by atoms with Crippen LogP contribution in [0.2, 0.25) is 0 Å². The summed E-state index contributed by atoms with van der Waals surface area (Å²) in [5.41, 5.74) is -0.220. The lowest BCUT2D eigenvalue weighted by molar-refractivity contribution is -0.137. The van der Waals surface area contributed by atoms with Gasteiger partial charge >= 0.3 is 6.18 Å². The van der Waals surface area contributed by atoms with E-state index in [0.717, 1.165) is 12.1 Å². The van der Waals surface area contributed by atoms with Gasteiger partial charge in [-0.1, -0.05) is 28.1 Å². The minimum absolute atomic E-state index is 0.0830. The molecule has 1 heterocycles. The number of alkyl halides is 3. The largest absolute Gasteiger partial charge is 0.416 e. The Hall–Kier alpha value is -2.59. The Morgan fingerprint density at radius 3 is 2.50 bits per heavy atom. The van der Waals surface area contributed by atoms with Crippen LogP contribution in [0.15, 0.2) is 57.9 Å². The van der Waals surface area contributed by atoms with E-state index in [4.69, 9.17) is 0 Å². The molecule has 3 aromatic carbocycles. The molecular weight excluding hydrogens is 485 g/mol. The number of carbonyl (C=O) groups is 1. The summed E-state index contributed by atoms with van der Waals surface area (Å²) in [4.78, 5) is 14.0. The molecule has 0 aromatic heterocycles. The number of nitrogens with one attached hydrogen (secondary N) is 1. The number of anilines is 2. The molecule has 0 atom stereocenters. The summed E-state index contributed by atoms with van der Waals surface area (Å²) in [7, 11) is -4.23. The van der Waals surface area contributed by atoms with E-state index < -0.39 is 21.8 Å². The molecule has 0 radical (unpaired) electrons. The van der Waals surface area contributed by atoms with E-state index in [-0.39, 0.29) is 21.0 Å². The quantitative estimate of drug-likeness (QED) is 0.523. The van der Waals surface area contributed by atoms with Gasteiger partial charge in [0.15, 0.2) is 0 Å². The number of hydrogen-bond acceptors (Lipinski definition) is 3. The van der Waals surface area contributed by atoms with Crippen LogP contribution in [0.1, 0.15) is 22.8 Å². The van der Waals surface area contributed by atoms with Gasteiger partial charge in [-0.2, -0.15) is 13.2 Å². The van der Waals surface area contributed by atoms with E-state index in [9.17, 15) is 26.4 Å². The first kappa shape index (κ1) is 20.7. The second-order valence-corrected chi connectivity index (χ2v) is 9.26. The van der Waals surface area contributed by atoms with Crippen LogP contribution >= 0.6 is 15.9 Å². The average Bonchev–Trinajstić information content (AvgIpc) is 2.93. The van der Waals surface area contributed by atoms with Gasteiger partial charge in [0.1, 0.15) is 0 Å². The molecule has 0 saturated heterocycles. The van der Waals surface area contributed by atoms with E-state index in [1.165, 1.54) is 18.2 Å². The second-order valence-electron chi connectivity index (χ2n) is 6.69. The Balaban J connectivity index is 1.84. The van der Waals surface area contributed by atoms with Crippen molar-refractivity contribution in [2.45, 2.75) is 18.0 Å². The van der Waals surface area contributed by atoms with Gasteiger partial charge in [-0.25, -0.2) is 8.42 Å². The highest BCUT2D eigenvalue weighted by Gasteiger charge is 2.33. The maximum Gasteiger partial charge on any atom is 0.416 e. The Bertz CT molecular complexity index is 1310. The summed E-state index contributed by atoms with van der Waals surface area (Å²) in [6.07, 6.45) is -4.63. The molecule has 1 amide bonds. The highest BCUT2D eigenvalue weighted by atomic mass is 79.9. The number of rotatable bonds is 4. The fourth-order valence-electron chi connectivity index (χ4n) is 3.59. The lowest BCUT2D eigenvalue weighted by Crippen LogP contribution is -2.25. The number of nitrogens with zero attached hydrogens (tertiary/aromatic N) is 1. The van der Waals surface area contributed by atoms with Crippen LogP contribution < -0.4 is 9.62 Å². The summed E-state index contributed by atoms with van der Waals surface area (Å²) in [5.74, 6) is -0.220. The molecule has 5 nitrogen and oxygen atoms in total. The number of carbonyl (C=O) groups excluding carboxylic acids is 1. The topological polar surface area (TPSA) is 66.5 Å². The van der Waals surface area contributed by atoms with Crippen molar-refractivity contribution in [2.24, 2.45) is 0 Å². The Kier molecular flexibility index (Phi) is 4.81. The second kappa shape index (κ2) is 6.98. The Morgan fingerprint density at radius 2 is 1.83 bits per heavy atom. The van der Waals surface area contributed by atoms with E-state index in [2.05, 4.69) is 20.7 Å². The minimum Gasteiger partial charge on any atom is -0.308 e. The molecule has 0 fully saturated rings. The van der Waals surface area contributed by atoms with Crippen LogP contribution in [-0.2, 0) is 16.2 Å². The number of amides is 1. The number of sulfonamides is 1. The molecule has 0 spiro atoms. The van der Waals surface area contributed by atoms with E-state index in [0.29, 0.717) is 28.6 Å². The number of benzene rings is 3. The van der Waals surface area contributed by atoms with Crippen molar-refractivity contribution in [2.75, 3.05) is 16.2 Å². The molecule has 10 heteroatoms.